The van der Waals surface area contributed by atoms with Crippen LogP contribution in [0.1, 0.15) is 46.2 Å². The number of nitrogens with one attached hydrogen (secondary N) is 1. The molecule has 0 spiro atoms. The van der Waals surface area contributed by atoms with Gasteiger partial charge in [0.15, 0.2) is 0 Å². The molecule has 2 aliphatic heterocycles. The maximum Gasteiger partial charge on any atom is 0.254 e. The second kappa shape index (κ2) is 6.69. The van der Waals surface area contributed by atoms with Gasteiger partial charge in [-0.1, -0.05) is 18.2 Å². The molecular weight excluding hydrogens is 300 g/mol. The molecule has 5 heteroatoms. The molecule has 1 amide bonds. The number of aromatic nitrogens is 2. The molecule has 3 heterocycles. The number of fused-ring (bicyclic) bond motifs is 1. The summed E-state index contributed by atoms with van der Waals surface area (Å²) >= 11 is 0. The Morgan fingerprint density at radius 3 is 2.92 bits per heavy atom. The van der Waals surface area contributed by atoms with E-state index in [2.05, 4.69) is 10.3 Å². The number of hydrogen-bond donors (Lipinski definition) is 1. The van der Waals surface area contributed by atoms with Gasteiger partial charge in [-0.05, 0) is 31.5 Å². The zero-order valence-corrected chi connectivity index (χ0v) is 13.7. The molecule has 1 unspecified atom stereocenters. The summed E-state index contributed by atoms with van der Waals surface area (Å²) in [6.45, 7) is 3.39. The van der Waals surface area contributed by atoms with Crippen LogP contribution in [-0.4, -0.2) is 40.4 Å². The molecule has 2 aliphatic rings. The standard InChI is InChI=1S/C19H22N4O/c24-19(14-5-2-1-3-6-14)23-10-8-17-16(13-23)12-21-18(22-17)15-7-4-9-20-11-15/h1-3,5-6,12,15,20H,4,7-11,13H2. The number of piperidine rings is 1. The molecule has 0 aliphatic carbocycles. The minimum atomic E-state index is 0.0850. The summed E-state index contributed by atoms with van der Waals surface area (Å²) in [7, 11) is 0. The molecule has 4 rings (SSSR count). The molecule has 0 radical (unpaired) electrons. The normalized spacial score (nSPS) is 20.5. The van der Waals surface area contributed by atoms with Crippen molar-refractivity contribution >= 4 is 5.91 Å². The van der Waals surface area contributed by atoms with Gasteiger partial charge >= 0.3 is 0 Å². The largest absolute Gasteiger partial charge is 0.334 e. The summed E-state index contributed by atoms with van der Waals surface area (Å²) in [6.07, 6.45) is 5.08. The molecule has 0 bridgehead atoms. The Kier molecular flexibility index (Phi) is 4.26. The van der Waals surface area contributed by atoms with Gasteiger partial charge in [0.05, 0.1) is 5.69 Å². The van der Waals surface area contributed by atoms with Crippen LogP contribution in [0, 0.1) is 0 Å². The van der Waals surface area contributed by atoms with E-state index in [9.17, 15) is 4.79 Å². The molecule has 124 valence electrons. The Balaban J connectivity index is 1.50. The summed E-state index contributed by atoms with van der Waals surface area (Å²) in [5, 5.41) is 3.42. The van der Waals surface area contributed by atoms with Crippen LogP contribution in [0.5, 0.6) is 0 Å². The third-order valence-electron chi connectivity index (χ3n) is 4.92. The third kappa shape index (κ3) is 3.04. The van der Waals surface area contributed by atoms with Crippen molar-refractivity contribution in [2.75, 3.05) is 19.6 Å². The first-order valence-electron chi connectivity index (χ1n) is 8.71. The summed E-state index contributed by atoms with van der Waals surface area (Å²) in [5.74, 6) is 1.47. The van der Waals surface area contributed by atoms with Crippen molar-refractivity contribution in [2.24, 2.45) is 0 Å². The molecule has 1 N–H and O–H groups in total. The highest BCUT2D eigenvalue weighted by atomic mass is 16.2. The van der Waals surface area contributed by atoms with E-state index in [-0.39, 0.29) is 5.91 Å². The number of rotatable bonds is 2. The number of hydrogen-bond acceptors (Lipinski definition) is 4. The van der Waals surface area contributed by atoms with Gasteiger partial charge < -0.3 is 10.2 Å². The fourth-order valence-corrected chi connectivity index (χ4v) is 3.54. The van der Waals surface area contributed by atoms with Crippen molar-refractivity contribution in [3.8, 4) is 0 Å². The molecular formula is C19H22N4O. The van der Waals surface area contributed by atoms with Crippen molar-refractivity contribution in [3.63, 3.8) is 0 Å². The van der Waals surface area contributed by atoms with E-state index >= 15 is 0 Å². The third-order valence-corrected chi connectivity index (χ3v) is 4.92. The molecule has 2 aromatic rings. The Labute approximate surface area is 142 Å². The van der Waals surface area contributed by atoms with Crippen LogP contribution in [0.15, 0.2) is 36.5 Å². The highest BCUT2D eigenvalue weighted by Gasteiger charge is 2.25. The fraction of sp³-hybridized carbons (Fsp3) is 0.421. The molecule has 1 aromatic heterocycles. The molecule has 5 nitrogen and oxygen atoms in total. The monoisotopic (exact) mass is 322 g/mol. The zero-order valence-electron chi connectivity index (χ0n) is 13.7. The SMILES string of the molecule is O=C(c1ccccc1)N1CCc2nc(C3CCCNC3)ncc2C1. The van der Waals surface area contributed by atoms with Gasteiger partial charge in [0.25, 0.3) is 5.91 Å². The second-order valence-corrected chi connectivity index (χ2v) is 6.59. The quantitative estimate of drug-likeness (QED) is 0.920. The van der Waals surface area contributed by atoms with Crippen LogP contribution in [0.25, 0.3) is 0 Å². The minimum absolute atomic E-state index is 0.0850. The molecule has 24 heavy (non-hydrogen) atoms. The van der Waals surface area contributed by atoms with Gasteiger partial charge in [-0.15, -0.1) is 0 Å². The van der Waals surface area contributed by atoms with Gasteiger partial charge in [-0.25, -0.2) is 9.97 Å². The van der Waals surface area contributed by atoms with E-state index in [4.69, 9.17) is 4.98 Å². The van der Waals surface area contributed by atoms with E-state index in [1.54, 1.807) is 0 Å². The Bertz CT molecular complexity index is 725. The van der Waals surface area contributed by atoms with Crippen LogP contribution < -0.4 is 5.32 Å². The minimum Gasteiger partial charge on any atom is -0.334 e. The van der Waals surface area contributed by atoms with Gasteiger partial charge in [0.2, 0.25) is 0 Å². The number of carbonyl (C=O) groups excluding carboxylic acids is 1. The highest BCUT2D eigenvalue weighted by molar-refractivity contribution is 5.94. The van der Waals surface area contributed by atoms with Gasteiger partial charge in [0, 0.05) is 49.3 Å². The van der Waals surface area contributed by atoms with E-state index < -0.39 is 0 Å². The van der Waals surface area contributed by atoms with Crippen molar-refractivity contribution < 1.29 is 4.79 Å². The van der Waals surface area contributed by atoms with Gasteiger partial charge in [0.1, 0.15) is 5.82 Å². The maximum atomic E-state index is 12.6. The summed E-state index contributed by atoms with van der Waals surface area (Å²) in [4.78, 5) is 23.9. The first-order chi connectivity index (χ1) is 11.8. The second-order valence-electron chi connectivity index (χ2n) is 6.59. The van der Waals surface area contributed by atoms with Gasteiger partial charge in [-0.3, -0.25) is 4.79 Å². The summed E-state index contributed by atoms with van der Waals surface area (Å²) < 4.78 is 0. The topological polar surface area (TPSA) is 58.1 Å². The van der Waals surface area contributed by atoms with Crippen molar-refractivity contribution in [2.45, 2.75) is 31.7 Å². The maximum absolute atomic E-state index is 12.6. The lowest BCUT2D eigenvalue weighted by Crippen LogP contribution is -2.37. The first kappa shape index (κ1) is 15.3. The van der Waals surface area contributed by atoms with Crippen molar-refractivity contribution in [1.29, 1.82) is 0 Å². The Hall–Kier alpha value is -2.27. The van der Waals surface area contributed by atoms with Gasteiger partial charge in [-0.2, -0.15) is 0 Å². The number of amides is 1. The molecule has 1 saturated heterocycles. The van der Waals surface area contributed by atoms with Crippen LogP contribution >= 0.6 is 0 Å². The predicted molar refractivity (Wildman–Crippen MR) is 91.8 cm³/mol. The lowest BCUT2D eigenvalue weighted by Gasteiger charge is -2.29. The van der Waals surface area contributed by atoms with E-state index in [0.717, 1.165) is 55.1 Å². The van der Waals surface area contributed by atoms with Crippen LogP contribution in [0.4, 0.5) is 0 Å². The first-order valence-corrected chi connectivity index (χ1v) is 8.71. The number of benzene rings is 1. The van der Waals surface area contributed by atoms with E-state index in [1.165, 1.54) is 6.42 Å². The average Bonchev–Trinajstić information content (AvgIpc) is 2.68. The lowest BCUT2D eigenvalue weighted by molar-refractivity contribution is 0.0733. The molecule has 1 aromatic carbocycles. The zero-order chi connectivity index (χ0) is 16.4. The van der Waals surface area contributed by atoms with Crippen molar-refractivity contribution in [3.05, 3.63) is 59.2 Å². The molecule has 0 saturated carbocycles. The predicted octanol–water partition coefficient (Wildman–Crippen LogP) is 2.14. The Morgan fingerprint density at radius 2 is 2.12 bits per heavy atom. The van der Waals surface area contributed by atoms with Crippen LogP contribution in [0.2, 0.25) is 0 Å². The van der Waals surface area contributed by atoms with E-state index in [0.29, 0.717) is 12.5 Å². The Morgan fingerprint density at radius 1 is 1.25 bits per heavy atom. The van der Waals surface area contributed by atoms with Crippen LogP contribution in [0.3, 0.4) is 0 Å². The average molecular weight is 322 g/mol. The highest BCUT2D eigenvalue weighted by Crippen LogP contribution is 2.24. The molecule has 1 atom stereocenters. The number of carbonyl (C=O) groups is 1. The fourth-order valence-electron chi connectivity index (χ4n) is 3.54. The van der Waals surface area contributed by atoms with Crippen LogP contribution in [-0.2, 0) is 13.0 Å². The lowest BCUT2D eigenvalue weighted by atomic mass is 9.98. The number of nitrogens with zero attached hydrogens (tertiary/aromatic N) is 3. The summed E-state index contributed by atoms with van der Waals surface area (Å²) in [5.41, 5.74) is 2.94. The molecule has 1 fully saturated rings. The smallest absolute Gasteiger partial charge is 0.254 e. The summed E-state index contributed by atoms with van der Waals surface area (Å²) in [6, 6.07) is 9.47. The van der Waals surface area contributed by atoms with Crippen molar-refractivity contribution in [1.82, 2.24) is 20.2 Å². The van der Waals surface area contributed by atoms with E-state index in [1.807, 2.05) is 41.4 Å².